The summed E-state index contributed by atoms with van der Waals surface area (Å²) in [5.41, 5.74) is 7.81. The quantitative estimate of drug-likeness (QED) is 0.857. The van der Waals surface area contributed by atoms with Gasteiger partial charge in [0.1, 0.15) is 11.6 Å². The molecule has 1 aliphatic heterocycles. The molecule has 2 aromatic rings. The first-order chi connectivity index (χ1) is 9.22. The fourth-order valence-corrected chi connectivity index (χ4v) is 2.67. The number of fused-ring (bicyclic) bond motifs is 1. The second-order valence-corrected chi connectivity index (χ2v) is 5.52. The maximum absolute atomic E-state index is 5.70. The molecule has 0 spiro atoms. The van der Waals surface area contributed by atoms with Crippen LogP contribution in [0.15, 0.2) is 24.3 Å². The molecule has 1 unspecified atom stereocenters. The van der Waals surface area contributed by atoms with Gasteiger partial charge in [0.2, 0.25) is 0 Å². The number of rotatable bonds is 3. The van der Waals surface area contributed by atoms with E-state index in [9.17, 15) is 0 Å². The lowest BCUT2D eigenvalue weighted by atomic mass is 10.00. The Morgan fingerprint density at radius 2 is 2.00 bits per heavy atom. The Labute approximate surface area is 113 Å². The van der Waals surface area contributed by atoms with Crippen LogP contribution < -0.4 is 5.73 Å². The van der Waals surface area contributed by atoms with Gasteiger partial charge < -0.3 is 10.3 Å². The van der Waals surface area contributed by atoms with Crippen molar-refractivity contribution in [2.75, 3.05) is 5.73 Å². The molecule has 2 N–H and O–H groups in total. The van der Waals surface area contributed by atoms with Crippen LogP contribution in [0.3, 0.4) is 0 Å². The molecule has 1 aromatic carbocycles. The molecule has 0 aliphatic carbocycles. The lowest BCUT2D eigenvalue weighted by Gasteiger charge is -2.20. The van der Waals surface area contributed by atoms with Gasteiger partial charge in [-0.3, -0.25) is 0 Å². The van der Waals surface area contributed by atoms with Crippen molar-refractivity contribution in [2.45, 2.75) is 39.2 Å². The van der Waals surface area contributed by atoms with Crippen molar-refractivity contribution in [1.82, 2.24) is 14.8 Å². The number of hydrogen-bond acceptors (Lipinski definition) is 3. The summed E-state index contributed by atoms with van der Waals surface area (Å²) in [6.07, 6.45) is 4.24. The van der Waals surface area contributed by atoms with E-state index in [0.717, 1.165) is 49.1 Å². The average Bonchev–Trinajstić information content (AvgIpc) is 2.80. The Bertz CT molecular complexity index is 556. The first kappa shape index (κ1) is 12.2. The lowest BCUT2D eigenvalue weighted by Crippen LogP contribution is -2.19. The van der Waals surface area contributed by atoms with Crippen molar-refractivity contribution in [3.05, 3.63) is 41.5 Å². The summed E-state index contributed by atoms with van der Waals surface area (Å²) in [5, 5.41) is 8.68. The molecule has 0 saturated heterocycles. The number of nitrogens with two attached hydrogens (primary N) is 1. The van der Waals surface area contributed by atoms with Gasteiger partial charge in [-0.25, -0.2) is 0 Å². The maximum Gasteiger partial charge on any atom is 0.133 e. The van der Waals surface area contributed by atoms with Crippen LogP contribution in [0.2, 0.25) is 0 Å². The number of anilines is 1. The third kappa shape index (κ3) is 2.62. The van der Waals surface area contributed by atoms with E-state index in [2.05, 4.69) is 33.8 Å². The van der Waals surface area contributed by atoms with Crippen molar-refractivity contribution in [2.24, 2.45) is 5.92 Å². The van der Waals surface area contributed by atoms with Crippen LogP contribution in [-0.4, -0.2) is 14.8 Å². The van der Waals surface area contributed by atoms with E-state index < -0.39 is 0 Å². The molecule has 4 nitrogen and oxygen atoms in total. The first-order valence-electron chi connectivity index (χ1n) is 6.98. The Morgan fingerprint density at radius 3 is 2.79 bits per heavy atom. The summed E-state index contributed by atoms with van der Waals surface area (Å²) in [6, 6.07) is 8.09. The minimum Gasteiger partial charge on any atom is -0.399 e. The molecule has 19 heavy (non-hydrogen) atoms. The third-order valence-corrected chi connectivity index (χ3v) is 3.90. The number of nitrogens with zero attached hydrogens (tertiary/aromatic N) is 3. The SMILES string of the molecule is CC1CCn2c(CCc3ccc(N)cc3)nnc2C1. The van der Waals surface area contributed by atoms with Crippen molar-refractivity contribution in [1.29, 1.82) is 0 Å². The molecule has 3 rings (SSSR count). The highest BCUT2D eigenvalue weighted by Gasteiger charge is 2.19. The Balaban J connectivity index is 1.69. The summed E-state index contributed by atoms with van der Waals surface area (Å²) >= 11 is 0. The molecule has 1 atom stereocenters. The second kappa shape index (κ2) is 5.03. The molecule has 0 bridgehead atoms. The van der Waals surface area contributed by atoms with Crippen LogP contribution in [0.5, 0.6) is 0 Å². The number of aromatic nitrogens is 3. The number of nitrogen functional groups attached to an aromatic ring is 1. The van der Waals surface area contributed by atoms with E-state index in [0.29, 0.717) is 0 Å². The molecule has 0 fully saturated rings. The van der Waals surface area contributed by atoms with Crippen LogP contribution in [0, 0.1) is 5.92 Å². The summed E-state index contributed by atoms with van der Waals surface area (Å²) in [6.45, 7) is 3.35. The second-order valence-electron chi connectivity index (χ2n) is 5.52. The summed E-state index contributed by atoms with van der Waals surface area (Å²) in [5.74, 6) is 3.02. The normalized spacial score (nSPS) is 18.3. The largest absolute Gasteiger partial charge is 0.399 e. The summed E-state index contributed by atoms with van der Waals surface area (Å²) < 4.78 is 2.30. The fourth-order valence-electron chi connectivity index (χ4n) is 2.67. The molecule has 4 heteroatoms. The summed E-state index contributed by atoms with van der Waals surface area (Å²) in [4.78, 5) is 0. The number of benzene rings is 1. The predicted molar refractivity (Wildman–Crippen MR) is 75.8 cm³/mol. The minimum absolute atomic E-state index is 0.738. The van der Waals surface area contributed by atoms with Crippen LogP contribution >= 0.6 is 0 Å². The molecule has 2 heterocycles. The van der Waals surface area contributed by atoms with Gasteiger partial charge in [-0.2, -0.15) is 0 Å². The molecular weight excluding hydrogens is 236 g/mol. The molecule has 0 saturated carbocycles. The van der Waals surface area contributed by atoms with E-state index >= 15 is 0 Å². The molecular formula is C15H20N4. The van der Waals surface area contributed by atoms with Gasteiger partial charge >= 0.3 is 0 Å². The van der Waals surface area contributed by atoms with E-state index in [-0.39, 0.29) is 0 Å². The monoisotopic (exact) mass is 256 g/mol. The highest BCUT2D eigenvalue weighted by molar-refractivity contribution is 5.39. The van der Waals surface area contributed by atoms with E-state index in [1.807, 2.05) is 12.1 Å². The van der Waals surface area contributed by atoms with Crippen LogP contribution in [0.25, 0.3) is 0 Å². The van der Waals surface area contributed by atoms with E-state index in [1.165, 1.54) is 12.0 Å². The maximum atomic E-state index is 5.70. The number of hydrogen-bond donors (Lipinski definition) is 1. The van der Waals surface area contributed by atoms with Gasteiger partial charge in [-0.05, 0) is 36.5 Å². The van der Waals surface area contributed by atoms with Crippen molar-refractivity contribution >= 4 is 5.69 Å². The van der Waals surface area contributed by atoms with Gasteiger partial charge in [0, 0.05) is 25.1 Å². The van der Waals surface area contributed by atoms with Crippen molar-refractivity contribution in [3.8, 4) is 0 Å². The first-order valence-corrected chi connectivity index (χ1v) is 6.98. The molecule has 1 aromatic heterocycles. The highest BCUT2D eigenvalue weighted by atomic mass is 15.3. The molecule has 0 radical (unpaired) electrons. The smallest absolute Gasteiger partial charge is 0.133 e. The Morgan fingerprint density at radius 1 is 1.21 bits per heavy atom. The predicted octanol–water partition coefficient (Wildman–Crippen LogP) is 2.23. The van der Waals surface area contributed by atoms with E-state index in [1.54, 1.807) is 0 Å². The summed E-state index contributed by atoms with van der Waals surface area (Å²) in [7, 11) is 0. The van der Waals surface area contributed by atoms with Crippen LogP contribution in [0.1, 0.15) is 30.6 Å². The van der Waals surface area contributed by atoms with Gasteiger partial charge in [0.05, 0.1) is 0 Å². The van der Waals surface area contributed by atoms with Crippen molar-refractivity contribution in [3.63, 3.8) is 0 Å². The van der Waals surface area contributed by atoms with Gasteiger partial charge in [0.25, 0.3) is 0 Å². The van der Waals surface area contributed by atoms with Crippen LogP contribution in [0.4, 0.5) is 5.69 Å². The zero-order valence-corrected chi connectivity index (χ0v) is 11.3. The fraction of sp³-hybridized carbons (Fsp3) is 0.467. The zero-order valence-electron chi connectivity index (χ0n) is 11.3. The molecule has 0 amide bonds. The average molecular weight is 256 g/mol. The number of aryl methyl sites for hydroxylation is 2. The van der Waals surface area contributed by atoms with Gasteiger partial charge in [-0.15, -0.1) is 10.2 Å². The Kier molecular flexibility index (Phi) is 3.23. The van der Waals surface area contributed by atoms with Crippen molar-refractivity contribution < 1.29 is 0 Å². The van der Waals surface area contributed by atoms with Gasteiger partial charge in [0.15, 0.2) is 0 Å². The Hall–Kier alpha value is -1.84. The third-order valence-electron chi connectivity index (χ3n) is 3.90. The minimum atomic E-state index is 0.738. The van der Waals surface area contributed by atoms with Crippen LogP contribution in [-0.2, 0) is 25.8 Å². The van der Waals surface area contributed by atoms with E-state index in [4.69, 9.17) is 5.73 Å². The molecule has 100 valence electrons. The van der Waals surface area contributed by atoms with Gasteiger partial charge in [-0.1, -0.05) is 19.1 Å². The standard InChI is InChI=1S/C15H20N4/c1-11-8-9-19-14(17-18-15(19)10-11)7-4-12-2-5-13(16)6-3-12/h2-3,5-6,11H,4,7-10,16H2,1H3. The lowest BCUT2D eigenvalue weighted by molar-refractivity contribution is 0.402. The highest BCUT2D eigenvalue weighted by Crippen LogP contribution is 2.20. The molecule has 1 aliphatic rings. The topological polar surface area (TPSA) is 56.7 Å². The zero-order chi connectivity index (χ0) is 13.2.